The van der Waals surface area contributed by atoms with Crippen molar-refractivity contribution in [2.75, 3.05) is 13.1 Å². The highest BCUT2D eigenvalue weighted by atomic mass is 16.4. The number of fused-ring (bicyclic) bond motifs is 1. The number of aromatic nitrogens is 3. The Kier molecular flexibility index (Phi) is 3.35. The number of likely N-dealkylation sites (tertiary alicyclic amines) is 1. The summed E-state index contributed by atoms with van der Waals surface area (Å²) in [6.07, 6.45) is 0.500. The highest BCUT2D eigenvalue weighted by molar-refractivity contribution is 6.06. The Morgan fingerprint density at radius 3 is 2.73 bits per heavy atom. The number of rotatable bonds is 2. The molecule has 7 heteroatoms. The number of pyridine rings is 1. The number of aliphatic carboxylic acids is 1. The lowest BCUT2D eigenvalue weighted by Gasteiger charge is -2.17. The Labute approximate surface area is 127 Å². The summed E-state index contributed by atoms with van der Waals surface area (Å²) < 4.78 is 1.67. The first-order valence-corrected chi connectivity index (χ1v) is 7.21. The van der Waals surface area contributed by atoms with Gasteiger partial charge in [0.2, 0.25) is 0 Å². The van der Waals surface area contributed by atoms with Gasteiger partial charge in [0.1, 0.15) is 0 Å². The second-order valence-corrected chi connectivity index (χ2v) is 5.79. The second-order valence-electron chi connectivity index (χ2n) is 5.79. The van der Waals surface area contributed by atoms with Crippen LogP contribution in [0.4, 0.5) is 0 Å². The molecule has 22 heavy (non-hydrogen) atoms. The van der Waals surface area contributed by atoms with E-state index >= 15 is 0 Å². The van der Waals surface area contributed by atoms with Crippen molar-refractivity contribution in [3.63, 3.8) is 0 Å². The highest BCUT2D eigenvalue weighted by Gasteiger charge is 2.32. The van der Waals surface area contributed by atoms with Gasteiger partial charge in [0.15, 0.2) is 5.65 Å². The maximum Gasteiger partial charge on any atom is 0.308 e. The van der Waals surface area contributed by atoms with Crippen molar-refractivity contribution in [1.82, 2.24) is 19.7 Å². The summed E-state index contributed by atoms with van der Waals surface area (Å²) in [4.78, 5) is 29.9. The van der Waals surface area contributed by atoms with Gasteiger partial charge in [-0.1, -0.05) is 0 Å². The molecule has 3 rings (SSSR count). The molecule has 1 aliphatic rings. The molecule has 3 heterocycles. The molecule has 1 fully saturated rings. The largest absolute Gasteiger partial charge is 0.481 e. The van der Waals surface area contributed by atoms with Crippen LogP contribution in [0.5, 0.6) is 0 Å². The van der Waals surface area contributed by atoms with Crippen molar-refractivity contribution < 1.29 is 14.7 Å². The van der Waals surface area contributed by atoms with Gasteiger partial charge < -0.3 is 10.0 Å². The predicted octanol–water partition coefficient (Wildman–Crippen LogP) is 1.13. The van der Waals surface area contributed by atoms with Crippen molar-refractivity contribution in [1.29, 1.82) is 0 Å². The molecule has 0 aromatic carbocycles. The number of carboxylic acid groups (broad SMARTS) is 1. The quantitative estimate of drug-likeness (QED) is 0.898. The molecule has 1 unspecified atom stereocenters. The van der Waals surface area contributed by atoms with Crippen LogP contribution in [0.2, 0.25) is 0 Å². The van der Waals surface area contributed by atoms with E-state index in [1.54, 1.807) is 22.7 Å². The molecule has 1 N–H and O–H groups in total. The fourth-order valence-electron chi connectivity index (χ4n) is 3.06. The zero-order chi connectivity index (χ0) is 16.0. The summed E-state index contributed by atoms with van der Waals surface area (Å²) in [6.45, 7) is 4.41. The van der Waals surface area contributed by atoms with Crippen molar-refractivity contribution in [3.05, 3.63) is 23.0 Å². The Morgan fingerprint density at radius 2 is 2.09 bits per heavy atom. The molecule has 116 valence electrons. The molecule has 1 atom stereocenters. The molecule has 0 saturated carbocycles. The minimum Gasteiger partial charge on any atom is -0.481 e. The third kappa shape index (κ3) is 2.22. The van der Waals surface area contributed by atoms with Crippen LogP contribution in [0, 0.1) is 19.8 Å². The second kappa shape index (κ2) is 5.08. The van der Waals surface area contributed by atoms with Crippen LogP contribution >= 0.6 is 0 Å². The molecular weight excluding hydrogens is 284 g/mol. The predicted molar refractivity (Wildman–Crippen MR) is 79.6 cm³/mol. The number of nitrogens with zero attached hydrogens (tertiary/aromatic N) is 4. The summed E-state index contributed by atoms with van der Waals surface area (Å²) in [7, 11) is 1.80. The number of hydrogen-bond acceptors (Lipinski definition) is 4. The molecule has 0 spiro atoms. The van der Waals surface area contributed by atoms with Gasteiger partial charge in [-0.05, 0) is 26.3 Å². The normalized spacial score (nSPS) is 18.1. The van der Waals surface area contributed by atoms with E-state index in [1.807, 2.05) is 13.8 Å². The summed E-state index contributed by atoms with van der Waals surface area (Å²) >= 11 is 0. The van der Waals surface area contributed by atoms with E-state index in [0.717, 1.165) is 16.8 Å². The molecule has 0 aliphatic carbocycles. The zero-order valence-corrected chi connectivity index (χ0v) is 12.8. The molecule has 2 aromatic heterocycles. The fraction of sp³-hybridized carbons (Fsp3) is 0.467. The van der Waals surface area contributed by atoms with Crippen molar-refractivity contribution in [2.24, 2.45) is 13.0 Å². The summed E-state index contributed by atoms with van der Waals surface area (Å²) in [6, 6.07) is 1.76. The number of carbonyl (C=O) groups is 2. The first-order chi connectivity index (χ1) is 10.4. The molecule has 1 aliphatic heterocycles. The molecule has 2 aromatic rings. The number of amides is 1. The van der Waals surface area contributed by atoms with E-state index in [2.05, 4.69) is 10.1 Å². The van der Waals surface area contributed by atoms with Gasteiger partial charge in [0.25, 0.3) is 5.91 Å². The molecular formula is C15H18N4O3. The van der Waals surface area contributed by atoms with Gasteiger partial charge >= 0.3 is 5.97 Å². The maximum absolute atomic E-state index is 12.8. The Bertz CT molecular complexity index is 781. The zero-order valence-electron chi connectivity index (χ0n) is 12.8. The smallest absolute Gasteiger partial charge is 0.308 e. The van der Waals surface area contributed by atoms with Crippen LogP contribution in [0.1, 0.15) is 28.2 Å². The lowest BCUT2D eigenvalue weighted by atomic mass is 10.1. The van der Waals surface area contributed by atoms with Gasteiger partial charge in [-0.25, -0.2) is 4.98 Å². The van der Waals surface area contributed by atoms with E-state index in [-0.39, 0.29) is 12.5 Å². The molecule has 0 radical (unpaired) electrons. The molecule has 7 nitrogen and oxygen atoms in total. The monoisotopic (exact) mass is 302 g/mol. The maximum atomic E-state index is 12.8. The van der Waals surface area contributed by atoms with Crippen molar-refractivity contribution in [3.8, 4) is 0 Å². The number of hydrogen-bond donors (Lipinski definition) is 1. The van der Waals surface area contributed by atoms with Crippen LogP contribution in [0.25, 0.3) is 11.0 Å². The number of carboxylic acids is 1. The Balaban J connectivity index is 2.03. The van der Waals surface area contributed by atoms with E-state index in [1.165, 1.54) is 0 Å². The average molecular weight is 302 g/mol. The van der Waals surface area contributed by atoms with Crippen LogP contribution in [0.15, 0.2) is 6.07 Å². The van der Waals surface area contributed by atoms with Crippen molar-refractivity contribution in [2.45, 2.75) is 20.3 Å². The third-order valence-corrected chi connectivity index (χ3v) is 4.15. The molecule has 1 amide bonds. The molecule has 1 saturated heterocycles. The van der Waals surface area contributed by atoms with E-state index in [9.17, 15) is 9.59 Å². The van der Waals surface area contributed by atoms with Gasteiger partial charge in [-0.3, -0.25) is 14.3 Å². The number of carbonyl (C=O) groups excluding carboxylic acids is 1. The average Bonchev–Trinajstić information content (AvgIpc) is 3.04. The summed E-state index contributed by atoms with van der Waals surface area (Å²) in [5.74, 6) is -1.46. The third-order valence-electron chi connectivity index (χ3n) is 4.15. The summed E-state index contributed by atoms with van der Waals surface area (Å²) in [5.41, 5.74) is 2.73. The fourth-order valence-corrected chi connectivity index (χ4v) is 3.06. The lowest BCUT2D eigenvalue weighted by molar-refractivity contribution is -0.141. The van der Waals surface area contributed by atoms with Crippen LogP contribution in [-0.2, 0) is 11.8 Å². The SMILES string of the molecule is Cc1cc(C(=O)N2CCC(C(=O)O)C2)c2c(C)nn(C)c2n1. The van der Waals surface area contributed by atoms with Gasteiger partial charge in [0.05, 0.1) is 22.6 Å². The van der Waals surface area contributed by atoms with Crippen LogP contribution in [0.3, 0.4) is 0 Å². The minimum atomic E-state index is -0.844. The van der Waals surface area contributed by atoms with Crippen molar-refractivity contribution >= 4 is 22.9 Å². The van der Waals surface area contributed by atoms with Gasteiger partial charge in [-0.2, -0.15) is 5.10 Å². The minimum absolute atomic E-state index is 0.143. The van der Waals surface area contributed by atoms with Gasteiger partial charge in [0, 0.05) is 25.8 Å². The van der Waals surface area contributed by atoms with E-state index < -0.39 is 11.9 Å². The first-order valence-electron chi connectivity index (χ1n) is 7.21. The van der Waals surface area contributed by atoms with Crippen LogP contribution in [-0.4, -0.2) is 49.7 Å². The highest BCUT2D eigenvalue weighted by Crippen LogP contribution is 2.25. The lowest BCUT2D eigenvalue weighted by Crippen LogP contribution is -2.30. The van der Waals surface area contributed by atoms with Gasteiger partial charge in [-0.15, -0.1) is 0 Å². The number of aryl methyl sites for hydroxylation is 3. The standard InChI is InChI=1S/C15H18N4O3/c1-8-6-11(12-9(2)17-18(3)13(12)16-8)14(20)19-5-4-10(7-19)15(21)22/h6,10H,4-5,7H2,1-3H3,(H,21,22). The van der Waals surface area contributed by atoms with E-state index in [0.29, 0.717) is 24.2 Å². The molecule has 0 bridgehead atoms. The Morgan fingerprint density at radius 1 is 1.36 bits per heavy atom. The first kappa shape index (κ1) is 14.5. The Hall–Kier alpha value is -2.44. The van der Waals surface area contributed by atoms with Crippen LogP contribution < -0.4 is 0 Å². The van der Waals surface area contributed by atoms with E-state index in [4.69, 9.17) is 5.11 Å². The topological polar surface area (TPSA) is 88.3 Å². The summed E-state index contributed by atoms with van der Waals surface area (Å²) in [5, 5.41) is 14.2.